The SMILES string of the molecule is CCC(C)(OC)C(N)c1ccc(OC)c(F)c1. The molecule has 2 N–H and O–H groups in total. The van der Waals surface area contributed by atoms with Crippen molar-refractivity contribution < 1.29 is 13.9 Å². The highest BCUT2D eigenvalue weighted by atomic mass is 19.1. The Hall–Kier alpha value is -1.13. The van der Waals surface area contributed by atoms with Gasteiger partial charge in [-0.05, 0) is 31.0 Å². The summed E-state index contributed by atoms with van der Waals surface area (Å²) in [7, 11) is 3.05. The van der Waals surface area contributed by atoms with E-state index >= 15 is 0 Å². The fourth-order valence-corrected chi connectivity index (χ4v) is 1.72. The number of benzene rings is 1. The van der Waals surface area contributed by atoms with Crippen molar-refractivity contribution in [2.75, 3.05) is 14.2 Å². The molecule has 1 rings (SSSR count). The molecule has 2 unspecified atom stereocenters. The van der Waals surface area contributed by atoms with E-state index in [1.807, 2.05) is 13.8 Å². The van der Waals surface area contributed by atoms with Gasteiger partial charge in [-0.2, -0.15) is 0 Å². The van der Waals surface area contributed by atoms with Crippen LogP contribution < -0.4 is 10.5 Å². The van der Waals surface area contributed by atoms with Crippen LogP contribution in [0.3, 0.4) is 0 Å². The number of hydrogen-bond acceptors (Lipinski definition) is 3. The molecule has 4 heteroatoms. The minimum absolute atomic E-state index is 0.219. The van der Waals surface area contributed by atoms with E-state index in [9.17, 15) is 4.39 Å². The summed E-state index contributed by atoms with van der Waals surface area (Å²) in [6, 6.07) is 4.37. The van der Waals surface area contributed by atoms with Crippen LogP contribution in [-0.4, -0.2) is 19.8 Å². The standard InChI is InChI=1S/C13H20FNO2/c1-5-13(2,17-4)12(15)9-6-7-11(16-3)10(14)8-9/h6-8,12H,5,15H2,1-4H3. The number of ether oxygens (including phenoxy) is 2. The Balaban J connectivity index is 3.04. The summed E-state index contributed by atoms with van der Waals surface area (Å²) in [5.41, 5.74) is 6.33. The van der Waals surface area contributed by atoms with Gasteiger partial charge in [0.05, 0.1) is 18.8 Å². The van der Waals surface area contributed by atoms with Gasteiger partial charge in [-0.1, -0.05) is 13.0 Å². The van der Waals surface area contributed by atoms with Gasteiger partial charge in [0, 0.05) is 7.11 Å². The summed E-state index contributed by atoms with van der Waals surface area (Å²) in [6.45, 7) is 3.91. The van der Waals surface area contributed by atoms with Crippen molar-refractivity contribution in [2.24, 2.45) is 5.73 Å². The minimum atomic E-state index is -0.499. The third-order valence-corrected chi connectivity index (χ3v) is 3.36. The van der Waals surface area contributed by atoms with Gasteiger partial charge >= 0.3 is 0 Å². The first-order chi connectivity index (χ1) is 7.98. The van der Waals surface area contributed by atoms with Crippen molar-refractivity contribution in [1.82, 2.24) is 0 Å². The maximum atomic E-state index is 13.6. The van der Waals surface area contributed by atoms with Crippen LogP contribution in [0.1, 0.15) is 31.9 Å². The number of halogens is 1. The number of methoxy groups -OCH3 is 2. The summed E-state index contributed by atoms with van der Waals surface area (Å²) in [6.07, 6.45) is 0.748. The van der Waals surface area contributed by atoms with Gasteiger partial charge < -0.3 is 15.2 Å². The molecule has 0 aliphatic carbocycles. The predicted molar refractivity (Wildman–Crippen MR) is 65.6 cm³/mol. The average Bonchev–Trinajstić information content (AvgIpc) is 2.36. The molecule has 0 amide bonds. The van der Waals surface area contributed by atoms with Gasteiger partial charge in [0.2, 0.25) is 0 Å². The Labute approximate surface area is 102 Å². The molecular weight excluding hydrogens is 221 g/mol. The van der Waals surface area contributed by atoms with Crippen LogP contribution in [0.4, 0.5) is 4.39 Å². The van der Waals surface area contributed by atoms with Crippen molar-refractivity contribution in [3.63, 3.8) is 0 Å². The summed E-state index contributed by atoms with van der Waals surface area (Å²) in [5, 5.41) is 0. The molecular formula is C13H20FNO2. The topological polar surface area (TPSA) is 44.5 Å². The lowest BCUT2D eigenvalue weighted by Crippen LogP contribution is -2.39. The van der Waals surface area contributed by atoms with Crippen LogP contribution in [0.25, 0.3) is 0 Å². The van der Waals surface area contributed by atoms with E-state index < -0.39 is 11.4 Å². The highest BCUT2D eigenvalue weighted by Crippen LogP contribution is 2.31. The maximum absolute atomic E-state index is 13.6. The first-order valence-electron chi connectivity index (χ1n) is 5.62. The first-order valence-corrected chi connectivity index (χ1v) is 5.62. The molecule has 3 nitrogen and oxygen atoms in total. The second-order valence-electron chi connectivity index (χ2n) is 4.24. The molecule has 2 atom stereocenters. The van der Waals surface area contributed by atoms with Crippen molar-refractivity contribution in [3.05, 3.63) is 29.6 Å². The first kappa shape index (κ1) is 13.9. The Morgan fingerprint density at radius 1 is 1.41 bits per heavy atom. The molecule has 1 aromatic carbocycles. The normalized spacial score (nSPS) is 16.4. The molecule has 0 spiro atoms. The molecule has 17 heavy (non-hydrogen) atoms. The predicted octanol–water partition coefficient (Wildman–Crippen LogP) is 2.65. The molecule has 96 valence electrons. The zero-order valence-electron chi connectivity index (χ0n) is 10.8. The third-order valence-electron chi connectivity index (χ3n) is 3.36. The maximum Gasteiger partial charge on any atom is 0.165 e. The molecule has 0 saturated carbocycles. The molecule has 0 fully saturated rings. The fourth-order valence-electron chi connectivity index (χ4n) is 1.72. The summed E-state index contributed by atoms with van der Waals surface area (Å²) >= 11 is 0. The van der Waals surface area contributed by atoms with Crippen molar-refractivity contribution in [1.29, 1.82) is 0 Å². The van der Waals surface area contributed by atoms with E-state index in [4.69, 9.17) is 15.2 Å². The van der Waals surface area contributed by atoms with E-state index in [0.717, 1.165) is 6.42 Å². The second-order valence-corrected chi connectivity index (χ2v) is 4.24. The molecule has 0 bridgehead atoms. The zero-order chi connectivity index (χ0) is 13.1. The van der Waals surface area contributed by atoms with E-state index in [0.29, 0.717) is 5.56 Å². The average molecular weight is 241 g/mol. The molecule has 0 aromatic heterocycles. The van der Waals surface area contributed by atoms with Gasteiger partial charge in [0.1, 0.15) is 0 Å². The highest BCUT2D eigenvalue weighted by molar-refractivity contribution is 5.32. The van der Waals surface area contributed by atoms with E-state index in [-0.39, 0.29) is 11.8 Å². The lowest BCUT2D eigenvalue weighted by Gasteiger charge is -2.33. The number of hydrogen-bond donors (Lipinski definition) is 1. The highest BCUT2D eigenvalue weighted by Gasteiger charge is 2.31. The van der Waals surface area contributed by atoms with E-state index in [2.05, 4.69) is 0 Å². The van der Waals surface area contributed by atoms with Gasteiger partial charge in [0.25, 0.3) is 0 Å². The Bertz CT molecular complexity index is 378. The van der Waals surface area contributed by atoms with E-state index in [1.54, 1.807) is 19.2 Å². The zero-order valence-corrected chi connectivity index (χ0v) is 10.8. The van der Waals surface area contributed by atoms with Crippen molar-refractivity contribution in [2.45, 2.75) is 31.9 Å². The smallest absolute Gasteiger partial charge is 0.165 e. The lowest BCUT2D eigenvalue weighted by atomic mass is 9.88. The summed E-state index contributed by atoms with van der Waals surface area (Å²) in [4.78, 5) is 0. The van der Waals surface area contributed by atoms with Crippen molar-refractivity contribution >= 4 is 0 Å². The number of nitrogens with two attached hydrogens (primary N) is 1. The second kappa shape index (κ2) is 5.47. The van der Waals surface area contributed by atoms with Gasteiger partial charge in [-0.25, -0.2) is 4.39 Å². The molecule has 0 aliphatic rings. The van der Waals surface area contributed by atoms with Crippen LogP contribution in [0, 0.1) is 5.82 Å². The molecule has 0 heterocycles. The minimum Gasteiger partial charge on any atom is -0.494 e. The van der Waals surface area contributed by atoms with Crippen LogP contribution >= 0.6 is 0 Å². The lowest BCUT2D eigenvalue weighted by molar-refractivity contribution is -0.0195. The molecule has 1 aromatic rings. The van der Waals surface area contributed by atoms with Crippen LogP contribution in [0.15, 0.2) is 18.2 Å². The van der Waals surface area contributed by atoms with Crippen molar-refractivity contribution in [3.8, 4) is 5.75 Å². The monoisotopic (exact) mass is 241 g/mol. The van der Waals surface area contributed by atoms with Crippen LogP contribution in [0.5, 0.6) is 5.75 Å². The third kappa shape index (κ3) is 2.76. The quantitative estimate of drug-likeness (QED) is 0.862. The Morgan fingerprint density at radius 2 is 2.06 bits per heavy atom. The van der Waals surface area contributed by atoms with Gasteiger partial charge in [0.15, 0.2) is 11.6 Å². The Morgan fingerprint density at radius 3 is 2.47 bits per heavy atom. The van der Waals surface area contributed by atoms with Crippen LogP contribution in [0.2, 0.25) is 0 Å². The largest absolute Gasteiger partial charge is 0.494 e. The van der Waals surface area contributed by atoms with Crippen LogP contribution in [-0.2, 0) is 4.74 Å². The summed E-state index contributed by atoms with van der Waals surface area (Å²) in [5.74, 6) is -0.188. The van der Waals surface area contributed by atoms with Gasteiger partial charge in [-0.3, -0.25) is 0 Å². The molecule has 0 saturated heterocycles. The molecule has 0 radical (unpaired) electrons. The fraction of sp³-hybridized carbons (Fsp3) is 0.538. The van der Waals surface area contributed by atoms with E-state index in [1.165, 1.54) is 13.2 Å². The molecule has 0 aliphatic heterocycles. The van der Waals surface area contributed by atoms with Gasteiger partial charge in [-0.15, -0.1) is 0 Å². The summed E-state index contributed by atoms with van der Waals surface area (Å²) < 4.78 is 23.9. The Kier molecular flexibility index (Phi) is 4.48. The number of rotatable bonds is 5.